The number of nitrogens with one attached hydrogen (secondary N) is 2. The third-order valence-corrected chi connectivity index (χ3v) is 5.78. The molecular weight excluding hydrogens is 464 g/mol. The molecule has 2 amide bonds. The molecule has 172 valence electrons. The zero-order valence-electron chi connectivity index (χ0n) is 18.7. The Morgan fingerprint density at radius 3 is 2.42 bits per heavy atom. The maximum Gasteiger partial charge on any atom is 0.407 e. The molecule has 31 heavy (non-hydrogen) atoms. The predicted molar refractivity (Wildman–Crippen MR) is 121 cm³/mol. The number of esters is 1. The summed E-state index contributed by atoms with van der Waals surface area (Å²) in [4.78, 5) is 36.8. The van der Waals surface area contributed by atoms with Crippen molar-refractivity contribution in [2.24, 2.45) is 11.8 Å². The van der Waals surface area contributed by atoms with E-state index >= 15 is 0 Å². The van der Waals surface area contributed by atoms with Crippen LogP contribution in [-0.4, -0.2) is 43.3 Å². The first-order valence-electron chi connectivity index (χ1n) is 10.7. The van der Waals surface area contributed by atoms with Gasteiger partial charge in [0.05, 0.1) is 7.11 Å². The lowest BCUT2D eigenvalue weighted by Gasteiger charge is -2.29. The van der Waals surface area contributed by atoms with Gasteiger partial charge in [-0.15, -0.1) is 0 Å². The van der Waals surface area contributed by atoms with Crippen LogP contribution in [0.2, 0.25) is 0 Å². The fraction of sp³-hybridized carbons (Fsp3) is 0.609. The molecule has 2 N–H and O–H groups in total. The number of carbonyl (C=O) groups excluding carboxylic acids is 3. The highest BCUT2D eigenvalue weighted by atomic mass is 79.9. The van der Waals surface area contributed by atoms with Crippen LogP contribution in [0.5, 0.6) is 0 Å². The van der Waals surface area contributed by atoms with Crippen molar-refractivity contribution in [2.45, 2.75) is 64.5 Å². The van der Waals surface area contributed by atoms with Crippen LogP contribution >= 0.6 is 15.9 Å². The Hall–Kier alpha value is -2.09. The lowest BCUT2D eigenvalue weighted by atomic mass is 9.81. The number of halogens is 1. The summed E-state index contributed by atoms with van der Waals surface area (Å²) in [6.07, 6.45) is 3.06. The number of methoxy groups -OCH3 is 1. The molecule has 0 spiro atoms. The molecule has 0 radical (unpaired) electrons. The second kappa shape index (κ2) is 11.5. The first-order chi connectivity index (χ1) is 14.6. The van der Waals surface area contributed by atoms with Crippen molar-refractivity contribution >= 4 is 33.9 Å². The number of hydrogen-bond donors (Lipinski definition) is 2. The van der Waals surface area contributed by atoms with Gasteiger partial charge in [0.1, 0.15) is 11.6 Å². The lowest BCUT2D eigenvalue weighted by Crippen LogP contribution is -2.46. The van der Waals surface area contributed by atoms with Crippen LogP contribution in [0.3, 0.4) is 0 Å². The molecule has 0 heterocycles. The van der Waals surface area contributed by atoms with Crippen LogP contribution in [0.1, 0.15) is 52.0 Å². The van der Waals surface area contributed by atoms with Gasteiger partial charge in [-0.25, -0.2) is 9.59 Å². The summed E-state index contributed by atoms with van der Waals surface area (Å²) in [6, 6.07) is 6.91. The molecule has 1 aromatic rings. The molecule has 7 nitrogen and oxygen atoms in total. The van der Waals surface area contributed by atoms with Crippen molar-refractivity contribution in [3.05, 3.63) is 34.3 Å². The van der Waals surface area contributed by atoms with Gasteiger partial charge in [0, 0.05) is 23.4 Å². The minimum atomic E-state index is -0.724. The third kappa shape index (κ3) is 8.89. The zero-order valence-corrected chi connectivity index (χ0v) is 20.3. The lowest BCUT2D eigenvalue weighted by molar-refractivity contribution is -0.145. The highest BCUT2D eigenvalue weighted by Gasteiger charge is 2.30. The Balaban J connectivity index is 1.83. The summed E-state index contributed by atoms with van der Waals surface area (Å²) >= 11 is 3.42. The molecule has 1 atom stereocenters. The van der Waals surface area contributed by atoms with Crippen molar-refractivity contribution in [3.63, 3.8) is 0 Å². The van der Waals surface area contributed by atoms with E-state index in [9.17, 15) is 14.4 Å². The summed E-state index contributed by atoms with van der Waals surface area (Å²) in [5, 5.41) is 5.69. The molecule has 1 aromatic carbocycles. The van der Waals surface area contributed by atoms with E-state index in [1.54, 1.807) is 0 Å². The predicted octanol–water partition coefficient (Wildman–Crippen LogP) is 3.98. The molecule has 0 bridgehead atoms. The average molecular weight is 497 g/mol. The number of rotatable bonds is 7. The Morgan fingerprint density at radius 1 is 1.16 bits per heavy atom. The summed E-state index contributed by atoms with van der Waals surface area (Å²) in [7, 11) is 1.32. The Labute approximate surface area is 192 Å². The van der Waals surface area contributed by atoms with E-state index in [0.29, 0.717) is 18.9 Å². The van der Waals surface area contributed by atoms with Crippen molar-refractivity contribution in [3.8, 4) is 0 Å². The van der Waals surface area contributed by atoms with E-state index in [4.69, 9.17) is 9.47 Å². The van der Waals surface area contributed by atoms with Gasteiger partial charge in [-0.3, -0.25) is 4.79 Å². The first kappa shape index (κ1) is 25.2. The molecule has 1 saturated carbocycles. The van der Waals surface area contributed by atoms with E-state index in [-0.39, 0.29) is 11.8 Å². The monoisotopic (exact) mass is 496 g/mol. The van der Waals surface area contributed by atoms with Gasteiger partial charge in [0.25, 0.3) is 0 Å². The average Bonchev–Trinajstić information content (AvgIpc) is 2.70. The van der Waals surface area contributed by atoms with Crippen molar-refractivity contribution < 1.29 is 23.9 Å². The van der Waals surface area contributed by atoms with Crippen LogP contribution in [-0.2, 0) is 25.5 Å². The van der Waals surface area contributed by atoms with E-state index in [0.717, 1.165) is 35.7 Å². The van der Waals surface area contributed by atoms with Crippen molar-refractivity contribution in [2.75, 3.05) is 13.7 Å². The molecule has 1 unspecified atom stereocenters. The highest BCUT2D eigenvalue weighted by Crippen LogP contribution is 2.29. The minimum absolute atomic E-state index is 0.121. The van der Waals surface area contributed by atoms with Crippen LogP contribution in [0.15, 0.2) is 28.7 Å². The smallest absolute Gasteiger partial charge is 0.407 e. The fourth-order valence-corrected chi connectivity index (χ4v) is 4.14. The van der Waals surface area contributed by atoms with Crippen molar-refractivity contribution in [1.82, 2.24) is 10.6 Å². The van der Waals surface area contributed by atoms with Gasteiger partial charge in [-0.2, -0.15) is 0 Å². The van der Waals surface area contributed by atoms with Crippen LogP contribution in [0, 0.1) is 11.8 Å². The second-order valence-corrected chi connectivity index (χ2v) is 9.93. The number of alkyl carbamates (subject to hydrolysis) is 1. The highest BCUT2D eigenvalue weighted by molar-refractivity contribution is 9.10. The topological polar surface area (TPSA) is 93.7 Å². The fourth-order valence-electron chi connectivity index (χ4n) is 3.70. The largest absolute Gasteiger partial charge is 0.467 e. The summed E-state index contributed by atoms with van der Waals surface area (Å²) < 4.78 is 11.1. The van der Waals surface area contributed by atoms with E-state index in [2.05, 4.69) is 26.6 Å². The van der Waals surface area contributed by atoms with Crippen LogP contribution in [0.4, 0.5) is 4.79 Å². The first-order valence-corrected chi connectivity index (χ1v) is 11.5. The molecule has 0 aliphatic heterocycles. The molecule has 0 saturated heterocycles. The molecular formula is C23H33BrN2O5. The van der Waals surface area contributed by atoms with Gasteiger partial charge >= 0.3 is 12.1 Å². The third-order valence-electron chi connectivity index (χ3n) is 5.28. The summed E-state index contributed by atoms with van der Waals surface area (Å²) in [5.74, 6) is -0.408. The van der Waals surface area contributed by atoms with E-state index < -0.39 is 23.7 Å². The number of carbonyl (C=O) groups is 3. The molecule has 1 aliphatic carbocycles. The number of benzene rings is 1. The van der Waals surface area contributed by atoms with Gasteiger partial charge in [-0.05, 0) is 70.1 Å². The second-order valence-electron chi connectivity index (χ2n) is 9.02. The normalized spacial score (nSPS) is 19.8. The van der Waals surface area contributed by atoms with Gasteiger partial charge in [0.15, 0.2) is 0 Å². The van der Waals surface area contributed by atoms with Crippen molar-refractivity contribution in [1.29, 1.82) is 0 Å². The number of hydrogen-bond acceptors (Lipinski definition) is 5. The quantitative estimate of drug-likeness (QED) is 0.556. The standard InChI is InChI=1S/C23H33BrN2O5/c1-23(2,3)31-22(29)25-14-15-8-10-17(11-9-15)20(27)26-19(21(28)30-4)13-16-6-5-7-18(24)12-16/h5-7,12,15,17,19H,8-11,13-14H2,1-4H3,(H,25,29)(H,26,27). The van der Waals surface area contributed by atoms with Crippen LogP contribution < -0.4 is 10.6 Å². The molecule has 2 rings (SSSR count). The van der Waals surface area contributed by atoms with E-state index in [1.807, 2.05) is 45.0 Å². The Bertz CT molecular complexity index is 769. The minimum Gasteiger partial charge on any atom is -0.467 e. The van der Waals surface area contributed by atoms with E-state index in [1.165, 1.54) is 7.11 Å². The van der Waals surface area contributed by atoms with Gasteiger partial charge in [0.2, 0.25) is 5.91 Å². The number of ether oxygens (including phenoxy) is 2. The van der Waals surface area contributed by atoms with Gasteiger partial charge in [-0.1, -0.05) is 28.1 Å². The van der Waals surface area contributed by atoms with Gasteiger partial charge < -0.3 is 20.1 Å². The maximum atomic E-state index is 12.8. The zero-order chi connectivity index (χ0) is 23.0. The maximum absolute atomic E-state index is 12.8. The Kier molecular flexibility index (Phi) is 9.34. The SMILES string of the molecule is COC(=O)C(Cc1cccc(Br)c1)NC(=O)C1CCC(CNC(=O)OC(C)(C)C)CC1. The summed E-state index contributed by atoms with van der Waals surface area (Å²) in [6.45, 7) is 6.02. The van der Waals surface area contributed by atoms with Crippen LogP contribution in [0.25, 0.3) is 0 Å². The summed E-state index contributed by atoms with van der Waals surface area (Å²) in [5.41, 5.74) is 0.410. The molecule has 8 heteroatoms. The molecule has 1 fully saturated rings. The Morgan fingerprint density at radius 2 is 1.84 bits per heavy atom. The number of amides is 2. The molecule has 1 aliphatic rings. The molecule has 0 aromatic heterocycles.